The van der Waals surface area contributed by atoms with Crippen LogP contribution in [0.3, 0.4) is 0 Å². The van der Waals surface area contributed by atoms with Crippen LogP contribution in [0, 0.1) is 0 Å². The standard InChI is InChI=1S/C9H12F3N3/c1-14-7-4-3-6(9(10,11)12)5-8(7)15(2)13/h3-5,14H,13H2,1-2H3. The van der Waals surface area contributed by atoms with Crippen LogP contribution < -0.4 is 16.2 Å². The zero-order valence-corrected chi connectivity index (χ0v) is 8.39. The van der Waals surface area contributed by atoms with E-state index in [0.717, 1.165) is 17.1 Å². The van der Waals surface area contributed by atoms with Crippen LogP contribution >= 0.6 is 0 Å². The molecule has 15 heavy (non-hydrogen) atoms. The molecule has 0 aromatic heterocycles. The van der Waals surface area contributed by atoms with E-state index in [0.29, 0.717) is 11.4 Å². The molecule has 0 saturated heterocycles. The zero-order valence-electron chi connectivity index (χ0n) is 8.39. The average Bonchev–Trinajstić information content (AvgIpc) is 2.15. The normalized spacial score (nSPS) is 11.3. The number of benzene rings is 1. The molecule has 0 heterocycles. The van der Waals surface area contributed by atoms with Gasteiger partial charge in [0.2, 0.25) is 0 Å². The number of rotatable bonds is 2. The average molecular weight is 219 g/mol. The lowest BCUT2D eigenvalue weighted by atomic mass is 10.1. The smallest absolute Gasteiger partial charge is 0.386 e. The third-order valence-electron chi connectivity index (χ3n) is 1.97. The number of halogens is 3. The lowest BCUT2D eigenvalue weighted by Gasteiger charge is -2.18. The van der Waals surface area contributed by atoms with Crippen molar-refractivity contribution in [2.75, 3.05) is 24.4 Å². The number of hydrogen-bond acceptors (Lipinski definition) is 3. The molecule has 0 unspecified atom stereocenters. The Bertz CT molecular complexity index is 347. The summed E-state index contributed by atoms with van der Waals surface area (Å²) in [6.45, 7) is 0. The third-order valence-corrected chi connectivity index (χ3v) is 1.97. The van der Waals surface area contributed by atoms with Crippen LogP contribution in [0.2, 0.25) is 0 Å². The minimum atomic E-state index is -4.35. The van der Waals surface area contributed by atoms with E-state index in [9.17, 15) is 13.2 Å². The predicted octanol–water partition coefficient (Wildman–Crippen LogP) is 2.06. The maximum atomic E-state index is 12.4. The van der Waals surface area contributed by atoms with E-state index in [4.69, 9.17) is 5.84 Å². The van der Waals surface area contributed by atoms with Crippen molar-refractivity contribution < 1.29 is 13.2 Å². The maximum absolute atomic E-state index is 12.4. The van der Waals surface area contributed by atoms with Crippen molar-refractivity contribution in [3.63, 3.8) is 0 Å². The first kappa shape index (κ1) is 11.6. The van der Waals surface area contributed by atoms with Gasteiger partial charge in [-0.2, -0.15) is 13.2 Å². The van der Waals surface area contributed by atoms with Gasteiger partial charge < -0.3 is 10.3 Å². The van der Waals surface area contributed by atoms with Crippen molar-refractivity contribution in [1.29, 1.82) is 0 Å². The van der Waals surface area contributed by atoms with E-state index in [1.807, 2.05) is 0 Å². The molecule has 1 rings (SSSR count). The Morgan fingerprint density at radius 1 is 1.33 bits per heavy atom. The number of nitrogens with two attached hydrogens (primary N) is 1. The second-order valence-electron chi connectivity index (χ2n) is 3.09. The van der Waals surface area contributed by atoms with Crippen LogP contribution in [0.5, 0.6) is 0 Å². The summed E-state index contributed by atoms with van der Waals surface area (Å²) in [5.74, 6) is 5.43. The molecule has 0 fully saturated rings. The van der Waals surface area contributed by atoms with Gasteiger partial charge in [-0.1, -0.05) is 0 Å². The molecule has 3 N–H and O–H groups in total. The molecule has 0 aliphatic rings. The molecule has 0 spiro atoms. The van der Waals surface area contributed by atoms with Crippen molar-refractivity contribution in [3.05, 3.63) is 23.8 Å². The zero-order chi connectivity index (χ0) is 11.6. The van der Waals surface area contributed by atoms with Crippen LogP contribution in [0.15, 0.2) is 18.2 Å². The summed E-state index contributed by atoms with van der Waals surface area (Å²) >= 11 is 0. The summed E-state index contributed by atoms with van der Waals surface area (Å²) < 4.78 is 37.2. The summed E-state index contributed by atoms with van der Waals surface area (Å²) in [6.07, 6.45) is -4.35. The van der Waals surface area contributed by atoms with Crippen molar-refractivity contribution in [2.24, 2.45) is 5.84 Å². The Morgan fingerprint density at radius 2 is 1.93 bits per heavy atom. The number of hydrazine groups is 1. The van der Waals surface area contributed by atoms with Gasteiger partial charge in [0.05, 0.1) is 16.9 Å². The first-order chi connectivity index (χ1) is 6.86. The molecule has 3 nitrogen and oxygen atoms in total. The fourth-order valence-electron chi connectivity index (χ4n) is 1.21. The summed E-state index contributed by atoms with van der Waals surface area (Å²) in [7, 11) is 3.10. The van der Waals surface area contributed by atoms with E-state index in [1.54, 1.807) is 7.05 Å². The Labute approximate surface area is 85.6 Å². The Kier molecular flexibility index (Phi) is 3.09. The van der Waals surface area contributed by atoms with Gasteiger partial charge in [-0.25, -0.2) is 5.84 Å². The molecular weight excluding hydrogens is 207 g/mol. The number of anilines is 2. The van der Waals surface area contributed by atoms with E-state index >= 15 is 0 Å². The van der Waals surface area contributed by atoms with E-state index in [-0.39, 0.29) is 0 Å². The van der Waals surface area contributed by atoms with Crippen LogP contribution in [0.25, 0.3) is 0 Å². The lowest BCUT2D eigenvalue weighted by molar-refractivity contribution is -0.137. The Hall–Kier alpha value is -1.43. The van der Waals surface area contributed by atoms with Gasteiger partial charge >= 0.3 is 6.18 Å². The van der Waals surface area contributed by atoms with Gasteiger partial charge in [0, 0.05) is 14.1 Å². The highest BCUT2D eigenvalue weighted by molar-refractivity contribution is 5.70. The highest BCUT2D eigenvalue weighted by Crippen LogP contribution is 2.34. The molecule has 1 aromatic rings. The van der Waals surface area contributed by atoms with Crippen molar-refractivity contribution >= 4 is 11.4 Å². The SMILES string of the molecule is CNc1ccc(C(F)(F)F)cc1N(C)N. The van der Waals surface area contributed by atoms with E-state index in [2.05, 4.69) is 5.32 Å². The Morgan fingerprint density at radius 3 is 2.33 bits per heavy atom. The molecule has 84 valence electrons. The summed E-state index contributed by atoms with van der Waals surface area (Å²) in [5.41, 5.74) is 0.133. The molecule has 0 amide bonds. The lowest BCUT2D eigenvalue weighted by Crippen LogP contribution is -2.26. The minimum absolute atomic E-state index is 0.298. The maximum Gasteiger partial charge on any atom is 0.416 e. The molecule has 0 bridgehead atoms. The second kappa shape index (κ2) is 3.98. The number of nitrogens with one attached hydrogen (secondary N) is 1. The predicted molar refractivity (Wildman–Crippen MR) is 53.6 cm³/mol. The fraction of sp³-hybridized carbons (Fsp3) is 0.333. The molecule has 0 atom stereocenters. The van der Waals surface area contributed by atoms with Gasteiger partial charge in [0.1, 0.15) is 0 Å². The number of hydrogen-bond donors (Lipinski definition) is 2. The quantitative estimate of drug-likeness (QED) is 0.591. The summed E-state index contributed by atoms with van der Waals surface area (Å²) in [4.78, 5) is 0. The number of nitrogens with zero attached hydrogens (tertiary/aromatic N) is 1. The van der Waals surface area contributed by atoms with E-state index < -0.39 is 11.7 Å². The molecule has 6 heteroatoms. The summed E-state index contributed by atoms with van der Waals surface area (Å²) in [6, 6.07) is 3.37. The molecule has 0 radical (unpaired) electrons. The van der Waals surface area contributed by atoms with Crippen molar-refractivity contribution in [2.45, 2.75) is 6.18 Å². The van der Waals surface area contributed by atoms with Crippen LogP contribution in [-0.4, -0.2) is 14.1 Å². The first-order valence-corrected chi connectivity index (χ1v) is 4.23. The van der Waals surface area contributed by atoms with Crippen LogP contribution in [0.4, 0.5) is 24.5 Å². The van der Waals surface area contributed by atoms with Gasteiger partial charge in [0.25, 0.3) is 0 Å². The van der Waals surface area contributed by atoms with Crippen molar-refractivity contribution in [1.82, 2.24) is 0 Å². The largest absolute Gasteiger partial charge is 0.416 e. The highest BCUT2D eigenvalue weighted by atomic mass is 19.4. The van der Waals surface area contributed by atoms with Crippen LogP contribution in [0.1, 0.15) is 5.56 Å². The molecule has 0 saturated carbocycles. The fourth-order valence-corrected chi connectivity index (χ4v) is 1.21. The van der Waals surface area contributed by atoms with Crippen molar-refractivity contribution in [3.8, 4) is 0 Å². The van der Waals surface area contributed by atoms with Gasteiger partial charge in [-0.05, 0) is 18.2 Å². The molecular formula is C9H12F3N3. The topological polar surface area (TPSA) is 41.3 Å². The van der Waals surface area contributed by atoms with E-state index in [1.165, 1.54) is 13.1 Å². The van der Waals surface area contributed by atoms with Crippen LogP contribution in [-0.2, 0) is 6.18 Å². The molecule has 1 aromatic carbocycles. The minimum Gasteiger partial charge on any atom is -0.386 e. The van der Waals surface area contributed by atoms with Gasteiger partial charge in [-0.15, -0.1) is 0 Å². The molecule has 0 aliphatic carbocycles. The summed E-state index contributed by atoms with van der Waals surface area (Å²) in [5, 5.41) is 3.91. The molecule has 0 aliphatic heterocycles. The number of alkyl halides is 3. The third kappa shape index (κ3) is 2.53. The second-order valence-corrected chi connectivity index (χ2v) is 3.09. The van der Waals surface area contributed by atoms with Gasteiger partial charge in [-0.3, -0.25) is 0 Å². The highest BCUT2D eigenvalue weighted by Gasteiger charge is 2.31. The Balaban J connectivity index is 3.22. The van der Waals surface area contributed by atoms with Gasteiger partial charge in [0.15, 0.2) is 0 Å². The first-order valence-electron chi connectivity index (χ1n) is 4.23. The monoisotopic (exact) mass is 219 g/mol.